The monoisotopic (exact) mass is 494 g/mol. The number of pyridine rings is 1. The molecule has 0 saturated heterocycles. The molecule has 2 aliphatic carbocycles. The molecule has 7 nitrogen and oxygen atoms in total. The van der Waals surface area contributed by atoms with Crippen molar-refractivity contribution in [2.45, 2.75) is 44.2 Å². The summed E-state index contributed by atoms with van der Waals surface area (Å²) in [6.45, 7) is 2.09. The van der Waals surface area contributed by atoms with Gasteiger partial charge in [-0.3, -0.25) is 4.98 Å². The molecule has 0 radical (unpaired) electrons. The lowest BCUT2D eigenvalue weighted by atomic mass is 9.64. The fourth-order valence-corrected chi connectivity index (χ4v) is 6.35. The summed E-state index contributed by atoms with van der Waals surface area (Å²) in [4.78, 5) is 8.15. The van der Waals surface area contributed by atoms with Crippen LogP contribution in [-0.2, 0) is 18.6 Å². The zero-order valence-electron chi connectivity index (χ0n) is 21.6. The number of rotatable bonds is 9. The van der Waals surface area contributed by atoms with Gasteiger partial charge in [0, 0.05) is 23.7 Å². The van der Waals surface area contributed by atoms with Gasteiger partial charge in [-0.05, 0) is 85.8 Å². The largest absolute Gasteiger partial charge is 0.487 e. The maximum absolute atomic E-state index is 6.02. The molecule has 0 aliphatic heterocycles. The van der Waals surface area contributed by atoms with Crippen molar-refractivity contribution in [3.63, 3.8) is 0 Å². The predicted molar refractivity (Wildman–Crippen MR) is 143 cm³/mol. The smallest absolute Gasteiger partial charge is 0.204 e. The molecule has 2 heterocycles. The Kier molecular flexibility index (Phi) is 6.47. The summed E-state index contributed by atoms with van der Waals surface area (Å²) in [7, 11) is 4.09. The van der Waals surface area contributed by atoms with Crippen molar-refractivity contribution in [3.05, 3.63) is 89.7 Å². The van der Waals surface area contributed by atoms with Gasteiger partial charge in [-0.25, -0.2) is 0 Å². The summed E-state index contributed by atoms with van der Waals surface area (Å²) < 4.78 is 6.02. The standard InChI is InChI=1S/C30H34N6O/c1-35(2)17-18-36-33-29(32-34-36)23-7-10-24(11-8-23)30(20-22-6-9-26(30)19-22)25-12-14-28(15-13-25)37-21-27-5-3-4-16-31-27/h3-5,7-8,10-16,22,26H,6,9,17-21H2,1-2H3/t22?,26-,30+/m1/s1. The zero-order chi connectivity index (χ0) is 25.2. The third kappa shape index (κ3) is 4.76. The van der Waals surface area contributed by atoms with Crippen molar-refractivity contribution in [2.24, 2.45) is 11.8 Å². The maximum atomic E-state index is 6.02. The van der Waals surface area contributed by atoms with Crippen LogP contribution in [0.5, 0.6) is 5.75 Å². The molecule has 2 saturated carbocycles. The molecule has 2 aliphatic rings. The second-order valence-electron chi connectivity index (χ2n) is 10.8. The van der Waals surface area contributed by atoms with E-state index in [1.54, 1.807) is 11.0 Å². The molecule has 4 aromatic rings. The highest BCUT2D eigenvalue weighted by molar-refractivity contribution is 5.56. The average Bonchev–Trinajstić information content (AvgIpc) is 3.69. The molecule has 2 bridgehead atoms. The quantitative estimate of drug-likeness (QED) is 0.327. The summed E-state index contributed by atoms with van der Waals surface area (Å²) in [6.07, 6.45) is 6.99. The Labute approximate surface area is 218 Å². The minimum atomic E-state index is 0.0533. The van der Waals surface area contributed by atoms with E-state index in [-0.39, 0.29) is 5.41 Å². The lowest BCUT2D eigenvalue weighted by Gasteiger charge is -2.39. The molecule has 2 fully saturated rings. The van der Waals surface area contributed by atoms with E-state index in [4.69, 9.17) is 4.74 Å². The fraction of sp³-hybridized carbons (Fsp3) is 0.400. The predicted octanol–water partition coefficient (Wildman–Crippen LogP) is 4.98. The van der Waals surface area contributed by atoms with Crippen LogP contribution in [0.3, 0.4) is 0 Å². The van der Waals surface area contributed by atoms with Gasteiger partial charge in [0.05, 0.1) is 12.2 Å². The van der Waals surface area contributed by atoms with Crippen molar-refractivity contribution in [1.82, 2.24) is 30.1 Å². The number of benzene rings is 2. The molecule has 0 N–H and O–H groups in total. The molecular formula is C30H34N6O. The third-order valence-electron chi connectivity index (χ3n) is 8.19. The Hall–Kier alpha value is -3.58. The molecule has 0 spiro atoms. The summed E-state index contributed by atoms with van der Waals surface area (Å²) in [5.74, 6) is 3.05. The van der Waals surface area contributed by atoms with E-state index >= 15 is 0 Å². The van der Waals surface area contributed by atoms with Gasteiger partial charge in [0.15, 0.2) is 0 Å². The molecule has 7 heteroatoms. The number of hydrogen-bond acceptors (Lipinski definition) is 6. The normalized spacial score (nSPS) is 22.6. The van der Waals surface area contributed by atoms with Crippen molar-refractivity contribution in [3.8, 4) is 17.1 Å². The van der Waals surface area contributed by atoms with Crippen LogP contribution in [0.2, 0.25) is 0 Å². The summed E-state index contributed by atoms with van der Waals surface area (Å²) >= 11 is 0. The molecule has 3 atom stereocenters. The van der Waals surface area contributed by atoms with E-state index in [1.165, 1.54) is 36.8 Å². The topological polar surface area (TPSA) is 69.0 Å². The average molecular weight is 495 g/mol. The highest BCUT2D eigenvalue weighted by Crippen LogP contribution is 2.60. The van der Waals surface area contributed by atoms with Gasteiger partial charge < -0.3 is 9.64 Å². The first kappa shape index (κ1) is 23.8. The van der Waals surface area contributed by atoms with E-state index in [0.717, 1.165) is 36.0 Å². The van der Waals surface area contributed by atoms with Crippen LogP contribution in [0.25, 0.3) is 11.4 Å². The first-order valence-corrected chi connectivity index (χ1v) is 13.3. The van der Waals surface area contributed by atoms with E-state index < -0.39 is 0 Å². The third-order valence-corrected chi connectivity index (χ3v) is 8.19. The van der Waals surface area contributed by atoms with E-state index in [0.29, 0.717) is 18.3 Å². The summed E-state index contributed by atoms with van der Waals surface area (Å²) in [5.41, 5.74) is 4.79. The number of aromatic nitrogens is 5. The van der Waals surface area contributed by atoms with Crippen molar-refractivity contribution in [2.75, 3.05) is 20.6 Å². The molecule has 2 aromatic heterocycles. The van der Waals surface area contributed by atoms with Gasteiger partial charge in [-0.15, -0.1) is 10.2 Å². The van der Waals surface area contributed by atoms with Crippen LogP contribution < -0.4 is 4.74 Å². The Bertz CT molecular complexity index is 1320. The Morgan fingerprint density at radius 2 is 1.76 bits per heavy atom. The van der Waals surface area contributed by atoms with Gasteiger partial charge in [-0.2, -0.15) is 4.80 Å². The molecule has 190 valence electrons. The van der Waals surface area contributed by atoms with Crippen LogP contribution in [-0.4, -0.2) is 50.7 Å². The van der Waals surface area contributed by atoms with Gasteiger partial charge in [-0.1, -0.05) is 48.9 Å². The van der Waals surface area contributed by atoms with Crippen LogP contribution >= 0.6 is 0 Å². The SMILES string of the molecule is CN(C)CCn1nnc(-c2ccc([C@]3(c4ccc(OCc5ccccn5)cc4)CC4CC[C@@H]3C4)cc2)n1. The molecule has 6 rings (SSSR count). The number of nitrogens with zero attached hydrogens (tertiary/aromatic N) is 6. The van der Waals surface area contributed by atoms with Crippen molar-refractivity contribution < 1.29 is 4.74 Å². The second-order valence-corrected chi connectivity index (χ2v) is 10.8. The van der Waals surface area contributed by atoms with Crippen LogP contribution in [0.15, 0.2) is 72.9 Å². The van der Waals surface area contributed by atoms with Crippen molar-refractivity contribution in [1.29, 1.82) is 0 Å². The Balaban J connectivity index is 1.23. The van der Waals surface area contributed by atoms with E-state index in [2.05, 4.69) is 73.8 Å². The number of hydrogen-bond donors (Lipinski definition) is 0. The van der Waals surface area contributed by atoms with Crippen LogP contribution in [0.4, 0.5) is 0 Å². The first-order chi connectivity index (χ1) is 18.1. The van der Waals surface area contributed by atoms with E-state index in [9.17, 15) is 0 Å². The summed E-state index contributed by atoms with van der Waals surface area (Å²) in [6, 6.07) is 23.6. The van der Waals surface area contributed by atoms with Gasteiger partial charge >= 0.3 is 0 Å². The molecular weight excluding hydrogens is 460 g/mol. The fourth-order valence-electron chi connectivity index (χ4n) is 6.35. The number of tetrazole rings is 1. The second kappa shape index (κ2) is 10.1. The zero-order valence-corrected chi connectivity index (χ0v) is 21.6. The molecule has 37 heavy (non-hydrogen) atoms. The minimum Gasteiger partial charge on any atom is -0.487 e. The van der Waals surface area contributed by atoms with Crippen LogP contribution in [0.1, 0.15) is 42.5 Å². The summed E-state index contributed by atoms with van der Waals surface area (Å²) in [5, 5.41) is 13.1. The molecule has 0 amide bonds. The highest BCUT2D eigenvalue weighted by Gasteiger charge is 2.52. The Morgan fingerprint density at radius 3 is 2.41 bits per heavy atom. The highest BCUT2D eigenvalue weighted by atomic mass is 16.5. The molecule has 2 aromatic carbocycles. The maximum Gasteiger partial charge on any atom is 0.204 e. The Morgan fingerprint density at radius 1 is 0.973 bits per heavy atom. The van der Waals surface area contributed by atoms with Gasteiger partial charge in [0.25, 0.3) is 0 Å². The lowest BCUT2D eigenvalue weighted by Crippen LogP contribution is -2.34. The lowest BCUT2D eigenvalue weighted by molar-refractivity contribution is 0.299. The first-order valence-electron chi connectivity index (χ1n) is 13.3. The number of likely N-dealkylation sites (N-methyl/N-ethyl adjacent to an activating group) is 1. The van der Waals surface area contributed by atoms with Gasteiger partial charge in [0.1, 0.15) is 12.4 Å². The van der Waals surface area contributed by atoms with Gasteiger partial charge in [0.2, 0.25) is 5.82 Å². The van der Waals surface area contributed by atoms with Crippen molar-refractivity contribution >= 4 is 0 Å². The number of fused-ring (bicyclic) bond motifs is 2. The number of ether oxygens (including phenoxy) is 1. The van der Waals surface area contributed by atoms with Crippen LogP contribution in [0, 0.1) is 11.8 Å². The molecule has 1 unspecified atom stereocenters. The minimum absolute atomic E-state index is 0.0533. The van der Waals surface area contributed by atoms with E-state index in [1.807, 2.05) is 32.3 Å².